The summed E-state index contributed by atoms with van der Waals surface area (Å²) in [5, 5.41) is 3.05. The summed E-state index contributed by atoms with van der Waals surface area (Å²) in [6.07, 6.45) is 5.46. The molecule has 6 rings (SSSR count). The van der Waals surface area contributed by atoms with E-state index in [0.717, 1.165) is 16.7 Å². The number of amides is 4. The minimum absolute atomic E-state index is 0.106. The van der Waals surface area contributed by atoms with Gasteiger partial charge in [-0.1, -0.05) is 54.6 Å². The zero-order valence-electron chi connectivity index (χ0n) is 27.3. The van der Waals surface area contributed by atoms with Crippen LogP contribution in [0.25, 0.3) is 11.1 Å². The summed E-state index contributed by atoms with van der Waals surface area (Å²) < 4.78 is 0. The predicted molar refractivity (Wildman–Crippen MR) is 184 cm³/mol. The topological polar surface area (TPSA) is 103 Å². The number of rotatable bonds is 4. The van der Waals surface area contributed by atoms with E-state index in [1.165, 1.54) is 0 Å². The van der Waals surface area contributed by atoms with Crippen molar-refractivity contribution in [3.63, 3.8) is 0 Å². The number of likely N-dealkylation sites (tertiary alicyclic amines) is 1. The molecular weight excluding hydrogens is 602 g/mol. The molecule has 2 fully saturated rings. The lowest BCUT2D eigenvalue weighted by Gasteiger charge is -2.31. The first-order valence-corrected chi connectivity index (χ1v) is 16.7. The van der Waals surface area contributed by atoms with Crippen LogP contribution in [-0.2, 0) is 4.79 Å². The van der Waals surface area contributed by atoms with Crippen LogP contribution >= 0.6 is 0 Å². The Bertz CT molecular complexity index is 1760. The molecule has 2 saturated heterocycles. The van der Waals surface area contributed by atoms with E-state index in [1.807, 2.05) is 72.5 Å². The first-order valence-electron chi connectivity index (χ1n) is 16.7. The molecule has 2 atom stereocenters. The number of nitrogens with one attached hydrogen (secondary N) is 1. The van der Waals surface area contributed by atoms with Gasteiger partial charge < -0.3 is 20.0 Å². The molecule has 0 radical (unpaired) electrons. The lowest BCUT2D eigenvalue weighted by atomic mass is 9.98. The number of carbonyl (C=O) groups is 4. The van der Waals surface area contributed by atoms with Gasteiger partial charge in [0.2, 0.25) is 5.91 Å². The van der Waals surface area contributed by atoms with E-state index in [-0.39, 0.29) is 36.2 Å². The maximum absolute atomic E-state index is 14.2. The van der Waals surface area contributed by atoms with Gasteiger partial charge in [-0.3, -0.25) is 24.2 Å². The smallest absolute Gasteiger partial charge is 0.255 e. The standard InChI is InChI=1S/C39H41N5O4/c1-28-12-5-6-18-34(28)30-15-9-16-31(24-30)39(48)44-27-33-25-35(44)36(45)41-20-7-8-21-42(37(46)32-17-10-19-40-26-32)22-11-23-43(33)38(47)29-13-3-2-4-14-29/h2-6,9-10,12-19,24,26,33,35H,7-8,11,20-23,25,27H2,1H3,(H,41,45)/t33-,35-/m0/s1. The van der Waals surface area contributed by atoms with Crippen molar-refractivity contribution in [3.05, 3.63) is 126 Å². The molecule has 2 aliphatic rings. The maximum atomic E-state index is 14.2. The van der Waals surface area contributed by atoms with Crippen molar-refractivity contribution in [3.8, 4) is 11.1 Å². The highest BCUT2D eigenvalue weighted by Gasteiger charge is 2.43. The molecular formula is C39H41N5O4. The third-order valence-electron chi connectivity index (χ3n) is 9.31. The van der Waals surface area contributed by atoms with Gasteiger partial charge in [0.25, 0.3) is 17.7 Å². The van der Waals surface area contributed by atoms with Gasteiger partial charge in [-0.25, -0.2) is 0 Å². The molecule has 2 aliphatic heterocycles. The average molecular weight is 644 g/mol. The van der Waals surface area contributed by atoms with Gasteiger partial charge >= 0.3 is 0 Å². The van der Waals surface area contributed by atoms with Gasteiger partial charge in [0.05, 0.1) is 11.6 Å². The van der Waals surface area contributed by atoms with Gasteiger partial charge in [-0.15, -0.1) is 0 Å². The number of carbonyl (C=O) groups excluding carboxylic acids is 4. The third kappa shape index (κ3) is 7.30. The molecule has 9 heteroatoms. The van der Waals surface area contributed by atoms with Crippen LogP contribution in [-0.4, -0.2) is 88.1 Å². The number of hydrogen-bond donors (Lipinski definition) is 1. The quantitative estimate of drug-likeness (QED) is 0.329. The molecule has 3 heterocycles. The van der Waals surface area contributed by atoms with E-state index in [2.05, 4.69) is 10.3 Å². The SMILES string of the molecule is Cc1ccccc1-c1cccc(C(=O)N2C[C@@H]3C[C@H]2C(=O)NCCCCN(C(=O)c2cccnc2)CCCN3C(=O)c2ccccc2)c1. The van der Waals surface area contributed by atoms with Crippen LogP contribution in [0, 0.1) is 6.92 Å². The highest BCUT2D eigenvalue weighted by molar-refractivity contribution is 6.00. The number of benzene rings is 3. The Morgan fingerprint density at radius 2 is 1.46 bits per heavy atom. The highest BCUT2D eigenvalue weighted by Crippen LogP contribution is 2.29. The summed E-state index contributed by atoms with van der Waals surface area (Å²) in [6, 6.07) is 27.1. The number of fused-ring (bicyclic) bond motifs is 2. The van der Waals surface area contributed by atoms with Crippen LogP contribution in [0.15, 0.2) is 103 Å². The summed E-state index contributed by atoms with van der Waals surface area (Å²) in [5.41, 5.74) is 4.63. The summed E-state index contributed by atoms with van der Waals surface area (Å²) >= 11 is 0. The molecule has 0 unspecified atom stereocenters. The Labute approximate surface area is 281 Å². The van der Waals surface area contributed by atoms with Gasteiger partial charge in [0.15, 0.2) is 0 Å². The average Bonchev–Trinajstić information content (AvgIpc) is 3.57. The lowest BCUT2D eigenvalue weighted by Crippen LogP contribution is -2.46. The molecule has 246 valence electrons. The molecule has 4 aromatic rings. The van der Waals surface area contributed by atoms with Crippen molar-refractivity contribution in [2.75, 3.05) is 32.7 Å². The maximum Gasteiger partial charge on any atom is 0.255 e. The van der Waals surface area contributed by atoms with Crippen molar-refractivity contribution in [2.45, 2.75) is 44.7 Å². The van der Waals surface area contributed by atoms with E-state index in [9.17, 15) is 19.2 Å². The van der Waals surface area contributed by atoms with Gasteiger partial charge in [-0.2, -0.15) is 0 Å². The number of hydrogen-bond acceptors (Lipinski definition) is 5. The first kappa shape index (κ1) is 32.6. The molecule has 2 bridgehead atoms. The zero-order chi connectivity index (χ0) is 33.5. The zero-order valence-corrected chi connectivity index (χ0v) is 27.3. The Morgan fingerprint density at radius 1 is 0.729 bits per heavy atom. The monoisotopic (exact) mass is 643 g/mol. The molecule has 1 N–H and O–H groups in total. The largest absolute Gasteiger partial charge is 0.354 e. The normalized spacial score (nSPS) is 18.9. The Morgan fingerprint density at radius 3 is 2.25 bits per heavy atom. The Kier molecular flexibility index (Phi) is 10.2. The highest BCUT2D eigenvalue weighted by atomic mass is 16.2. The first-order chi connectivity index (χ1) is 23.4. The fraction of sp³-hybridized carbons (Fsp3) is 0.308. The van der Waals surface area contributed by atoms with Crippen molar-refractivity contribution in [2.24, 2.45) is 0 Å². The van der Waals surface area contributed by atoms with E-state index >= 15 is 0 Å². The third-order valence-corrected chi connectivity index (χ3v) is 9.31. The van der Waals surface area contributed by atoms with Crippen molar-refractivity contribution < 1.29 is 19.2 Å². The van der Waals surface area contributed by atoms with Crippen LogP contribution in [0.3, 0.4) is 0 Å². The van der Waals surface area contributed by atoms with Crippen LogP contribution in [0.4, 0.5) is 0 Å². The number of aromatic nitrogens is 1. The number of pyridine rings is 1. The van der Waals surface area contributed by atoms with Crippen molar-refractivity contribution in [1.29, 1.82) is 0 Å². The molecule has 4 amide bonds. The Balaban J connectivity index is 1.29. The number of nitrogens with zero attached hydrogens (tertiary/aromatic N) is 4. The summed E-state index contributed by atoms with van der Waals surface area (Å²) in [7, 11) is 0. The molecule has 9 nitrogen and oxygen atoms in total. The van der Waals surface area contributed by atoms with E-state index < -0.39 is 6.04 Å². The van der Waals surface area contributed by atoms with Crippen LogP contribution in [0.5, 0.6) is 0 Å². The van der Waals surface area contributed by atoms with Gasteiger partial charge in [0, 0.05) is 56.2 Å². The molecule has 3 aromatic carbocycles. The number of aryl methyl sites for hydroxylation is 1. The minimum atomic E-state index is -0.720. The van der Waals surface area contributed by atoms with Gasteiger partial charge in [0.1, 0.15) is 6.04 Å². The fourth-order valence-corrected chi connectivity index (χ4v) is 6.77. The molecule has 0 spiro atoms. The molecule has 48 heavy (non-hydrogen) atoms. The van der Waals surface area contributed by atoms with Gasteiger partial charge in [-0.05, 0) is 85.7 Å². The summed E-state index contributed by atoms with van der Waals surface area (Å²) in [6.45, 7) is 4.04. The second-order valence-electron chi connectivity index (χ2n) is 12.5. The van der Waals surface area contributed by atoms with Crippen LogP contribution in [0.1, 0.15) is 62.3 Å². The lowest BCUT2D eigenvalue weighted by molar-refractivity contribution is -0.124. The molecule has 1 aromatic heterocycles. The molecule has 0 saturated carbocycles. The van der Waals surface area contributed by atoms with E-state index in [4.69, 9.17) is 0 Å². The van der Waals surface area contributed by atoms with E-state index in [1.54, 1.807) is 52.5 Å². The second kappa shape index (κ2) is 15.1. The molecule has 0 aliphatic carbocycles. The second-order valence-corrected chi connectivity index (χ2v) is 12.5. The minimum Gasteiger partial charge on any atom is -0.354 e. The van der Waals surface area contributed by atoms with Crippen LogP contribution in [0.2, 0.25) is 0 Å². The summed E-state index contributed by atoms with van der Waals surface area (Å²) in [4.78, 5) is 64.8. The fourth-order valence-electron chi connectivity index (χ4n) is 6.77. The predicted octanol–water partition coefficient (Wildman–Crippen LogP) is 5.23. The van der Waals surface area contributed by atoms with Crippen molar-refractivity contribution in [1.82, 2.24) is 25.0 Å². The van der Waals surface area contributed by atoms with Crippen LogP contribution < -0.4 is 5.32 Å². The summed E-state index contributed by atoms with van der Waals surface area (Å²) in [5.74, 6) is -0.732. The Hall–Kier alpha value is -5.31. The van der Waals surface area contributed by atoms with E-state index in [0.29, 0.717) is 68.6 Å². The van der Waals surface area contributed by atoms with Crippen molar-refractivity contribution >= 4 is 23.6 Å².